The molecule has 0 aliphatic carbocycles. The van der Waals surface area contributed by atoms with Crippen molar-refractivity contribution in [1.82, 2.24) is 19.9 Å². The van der Waals surface area contributed by atoms with E-state index in [0.717, 1.165) is 106 Å². The van der Waals surface area contributed by atoms with Gasteiger partial charge in [-0.3, -0.25) is 4.79 Å². The predicted molar refractivity (Wildman–Crippen MR) is 268 cm³/mol. The van der Waals surface area contributed by atoms with Crippen molar-refractivity contribution in [3.05, 3.63) is 228 Å². The highest BCUT2D eigenvalue weighted by Gasteiger charge is 2.28. The van der Waals surface area contributed by atoms with Crippen LogP contribution < -0.4 is 10.1 Å². The number of rotatable bonds is 7. The maximum Gasteiger partial charge on any atom is 0.170 e. The van der Waals surface area contributed by atoms with Crippen molar-refractivity contribution in [1.29, 1.82) is 0 Å². The molecule has 0 fully saturated rings. The Labute approximate surface area is 381 Å². The molecule has 3 aliphatic rings. The number of hydrogen-bond acceptors (Lipinski definition) is 5. The van der Waals surface area contributed by atoms with Gasteiger partial charge in [-0.25, -0.2) is 9.97 Å². The van der Waals surface area contributed by atoms with Crippen molar-refractivity contribution in [2.24, 2.45) is 0 Å². The Morgan fingerprint density at radius 2 is 0.924 bits per heavy atom. The van der Waals surface area contributed by atoms with Gasteiger partial charge in [0.1, 0.15) is 11.9 Å². The number of carbonyl (C=O) groups is 1. The standard InChI is InChI=1S/C59H41N5O2/c65-52-36-54(66-53-24-14-13-23-43(52)53)37-25-27-42(28-26-37)60-51-35-50-57(40-19-9-3-10-20-40)48-32-31-46(62-48)55(38-15-5-1-6-16-38)44-29-30-45(61-44)56(39-17-7-2-8-18-39)47-33-34-49(63-47)58(59(51)64-50)41-21-11-4-12-22-41/h1-35,54,60,62-63H,36H2. The van der Waals surface area contributed by atoms with E-state index in [-0.39, 0.29) is 18.3 Å². The third kappa shape index (κ3) is 7.09. The maximum atomic E-state index is 13.1. The summed E-state index contributed by atoms with van der Waals surface area (Å²) in [6, 6.07) is 66.1. The van der Waals surface area contributed by atoms with Gasteiger partial charge >= 0.3 is 0 Å². The predicted octanol–water partition coefficient (Wildman–Crippen LogP) is 14.5. The fourth-order valence-corrected chi connectivity index (χ4v) is 9.40. The highest BCUT2D eigenvalue weighted by atomic mass is 16.5. The lowest BCUT2D eigenvalue weighted by Crippen LogP contribution is -2.20. The Morgan fingerprint density at radius 3 is 1.45 bits per heavy atom. The summed E-state index contributed by atoms with van der Waals surface area (Å²) >= 11 is 0. The molecule has 6 aromatic carbocycles. The number of nitrogens with zero attached hydrogens (tertiary/aromatic N) is 2. The molecule has 6 heterocycles. The molecule has 0 spiro atoms. The quantitative estimate of drug-likeness (QED) is 0.148. The Balaban J connectivity index is 1.12. The van der Waals surface area contributed by atoms with Gasteiger partial charge in [-0.15, -0.1) is 0 Å². The average molecular weight is 852 g/mol. The van der Waals surface area contributed by atoms with Crippen LogP contribution in [0.3, 0.4) is 0 Å². The number of fused-ring (bicyclic) bond motifs is 9. The third-order valence-corrected chi connectivity index (χ3v) is 12.5. The van der Waals surface area contributed by atoms with Gasteiger partial charge in [-0.05, 0) is 94.6 Å². The van der Waals surface area contributed by atoms with Crippen LogP contribution in [-0.4, -0.2) is 25.7 Å². The number of Topliss-reactive ketones (excluding diaryl/α,β-unsaturated/α-hetero) is 1. The number of aromatic amines is 2. The third-order valence-electron chi connectivity index (χ3n) is 12.5. The van der Waals surface area contributed by atoms with Crippen LogP contribution in [0.4, 0.5) is 5.69 Å². The Hall–Kier alpha value is -8.81. The zero-order valence-electron chi connectivity index (χ0n) is 35.7. The van der Waals surface area contributed by atoms with Crippen LogP contribution in [-0.2, 0) is 0 Å². The second-order valence-corrected chi connectivity index (χ2v) is 16.6. The average Bonchev–Trinajstić information content (AvgIpc) is 4.21. The van der Waals surface area contributed by atoms with Crippen molar-refractivity contribution >= 4 is 57.5 Å². The first kappa shape index (κ1) is 38.8. The minimum absolute atomic E-state index is 0.0835. The first-order valence-electron chi connectivity index (χ1n) is 22.2. The van der Waals surface area contributed by atoms with Gasteiger partial charge in [0.05, 0.1) is 40.5 Å². The van der Waals surface area contributed by atoms with Gasteiger partial charge < -0.3 is 20.0 Å². The lowest BCUT2D eigenvalue weighted by Gasteiger charge is -2.25. The van der Waals surface area contributed by atoms with Crippen molar-refractivity contribution in [3.63, 3.8) is 0 Å². The number of aromatic nitrogens is 4. The number of benzene rings is 6. The molecule has 3 aromatic heterocycles. The molecule has 9 aromatic rings. The molecule has 1 atom stereocenters. The number of ketones is 1. The Kier molecular flexibility index (Phi) is 9.64. The van der Waals surface area contributed by atoms with Crippen molar-refractivity contribution in [3.8, 4) is 50.3 Å². The van der Waals surface area contributed by atoms with Crippen LogP contribution in [0.5, 0.6) is 5.75 Å². The van der Waals surface area contributed by atoms with E-state index in [9.17, 15) is 4.79 Å². The zero-order chi connectivity index (χ0) is 44.0. The molecule has 1 unspecified atom stereocenters. The second-order valence-electron chi connectivity index (χ2n) is 16.6. The normalized spacial score (nSPS) is 14.0. The molecule has 7 heteroatoms. The van der Waals surface area contributed by atoms with Crippen LogP contribution in [0, 0.1) is 0 Å². The van der Waals surface area contributed by atoms with Gasteiger partial charge in [0.15, 0.2) is 5.78 Å². The Bertz CT molecular complexity index is 3560. The van der Waals surface area contributed by atoms with Gasteiger partial charge in [0.2, 0.25) is 0 Å². The fraction of sp³-hybridized carbons (Fsp3) is 0.0339. The van der Waals surface area contributed by atoms with Crippen LogP contribution in [0.1, 0.15) is 51.2 Å². The summed E-state index contributed by atoms with van der Waals surface area (Å²) in [4.78, 5) is 31.9. The number of carbonyl (C=O) groups excluding carboxylic acids is 1. The molecule has 3 N–H and O–H groups in total. The van der Waals surface area contributed by atoms with E-state index in [1.807, 2.05) is 72.8 Å². The van der Waals surface area contributed by atoms with E-state index in [1.54, 1.807) is 0 Å². The number of nitrogens with one attached hydrogen (secondary N) is 3. The molecule has 314 valence electrons. The summed E-state index contributed by atoms with van der Waals surface area (Å²) in [5, 5.41) is 3.80. The van der Waals surface area contributed by atoms with Crippen LogP contribution in [0.2, 0.25) is 0 Å². The number of para-hydroxylation sites is 1. The molecule has 3 aliphatic heterocycles. The first-order valence-corrected chi connectivity index (χ1v) is 22.2. The highest BCUT2D eigenvalue weighted by Crippen LogP contribution is 2.41. The maximum absolute atomic E-state index is 13.1. The molecule has 0 saturated carbocycles. The van der Waals surface area contributed by atoms with Crippen molar-refractivity contribution in [2.75, 3.05) is 5.32 Å². The van der Waals surface area contributed by atoms with E-state index in [4.69, 9.17) is 14.7 Å². The van der Waals surface area contributed by atoms with Crippen molar-refractivity contribution in [2.45, 2.75) is 12.5 Å². The van der Waals surface area contributed by atoms with E-state index in [0.29, 0.717) is 11.3 Å². The summed E-state index contributed by atoms with van der Waals surface area (Å²) in [6.07, 6.45) is 6.32. The molecule has 0 saturated heterocycles. The summed E-state index contributed by atoms with van der Waals surface area (Å²) in [5.74, 6) is 0.706. The van der Waals surface area contributed by atoms with Gasteiger partial charge in [0.25, 0.3) is 0 Å². The van der Waals surface area contributed by atoms with Gasteiger partial charge in [0, 0.05) is 50.0 Å². The molecular formula is C59H41N5O2. The van der Waals surface area contributed by atoms with E-state index >= 15 is 0 Å². The second kappa shape index (κ2) is 16.4. The van der Waals surface area contributed by atoms with Crippen molar-refractivity contribution < 1.29 is 9.53 Å². The molecular weight excluding hydrogens is 811 g/mol. The van der Waals surface area contributed by atoms with Gasteiger partial charge in [-0.1, -0.05) is 146 Å². The van der Waals surface area contributed by atoms with Crippen LogP contribution in [0.25, 0.3) is 90.5 Å². The smallest absolute Gasteiger partial charge is 0.170 e. The number of ether oxygens (including phenoxy) is 1. The topological polar surface area (TPSA) is 95.7 Å². The molecule has 8 bridgehead atoms. The summed E-state index contributed by atoms with van der Waals surface area (Å²) < 4.78 is 6.35. The summed E-state index contributed by atoms with van der Waals surface area (Å²) in [5.41, 5.74) is 18.3. The highest BCUT2D eigenvalue weighted by molar-refractivity contribution is 6.04. The number of anilines is 1. The zero-order valence-corrected chi connectivity index (χ0v) is 35.7. The van der Waals surface area contributed by atoms with E-state index in [2.05, 4.69) is 155 Å². The molecule has 0 radical (unpaired) electrons. The lowest BCUT2D eigenvalue weighted by molar-refractivity contribution is 0.0850. The lowest BCUT2D eigenvalue weighted by atomic mass is 9.96. The van der Waals surface area contributed by atoms with Crippen LogP contribution in [0.15, 0.2) is 194 Å². The first-order chi connectivity index (χ1) is 32.6. The van der Waals surface area contributed by atoms with Crippen LogP contribution >= 0.6 is 0 Å². The minimum atomic E-state index is -0.374. The molecule has 0 amide bonds. The largest absolute Gasteiger partial charge is 0.484 e. The summed E-state index contributed by atoms with van der Waals surface area (Å²) in [7, 11) is 0. The number of H-pyrrole nitrogens is 2. The van der Waals surface area contributed by atoms with E-state index < -0.39 is 0 Å². The summed E-state index contributed by atoms with van der Waals surface area (Å²) in [6.45, 7) is 0. The monoisotopic (exact) mass is 851 g/mol. The SMILES string of the molecule is O=C1CC(c2ccc(NC3=Cc4nc3c(-c3ccccc3)c3ccc([nH]3)c(-c3ccccc3)c3nc(c(-c5ccccc5)c5ccc([nH]5)c4-c4ccccc4)C=C3)cc2)Oc2ccccc21. The molecule has 7 nitrogen and oxygen atoms in total. The van der Waals surface area contributed by atoms with E-state index in [1.165, 1.54) is 0 Å². The molecule has 12 rings (SSSR count). The Morgan fingerprint density at radius 1 is 0.470 bits per heavy atom. The fourth-order valence-electron chi connectivity index (χ4n) is 9.40. The molecule has 66 heavy (non-hydrogen) atoms. The number of hydrogen-bond donors (Lipinski definition) is 3. The van der Waals surface area contributed by atoms with Gasteiger partial charge in [-0.2, -0.15) is 0 Å². The minimum Gasteiger partial charge on any atom is -0.484 e.